The Kier molecular flexibility index (Phi) is 2.98. The number of aromatic nitrogens is 2. The fourth-order valence-electron chi connectivity index (χ4n) is 1.92. The van der Waals surface area contributed by atoms with Gasteiger partial charge in [-0.2, -0.15) is 0 Å². The van der Waals surface area contributed by atoms with E-state index in [9.17, 15) is 0 Å². The van der Waals surface area contributed by atoms with Gasteiger partial charge in [0, 0.05) is 23.3 Å². The van der Waals surface area contributed by atoms with Gasteiger partial charge >= 0.3 is 0 Å². The minimum Gasteiger partial charge on any atom is -0.486 e. The Hall–Kier alpha value is -2.62. The summed E-state index contributed by atoms with van der Waals surface area (Å²) in [5, 5.41) is 1.05. The largest absolute Gasteiger partial charge is 0.486 e. The van der Waals surface area contributed by atoms with E-state index in [0.29, 0.717) is 12.4 Å². The van der Waals surface area contributed by atoms with Gasteiger partial charge in [-0.3, -0.25) is 4.98 Å². The molecule has 0 fully saturated rings. The maximum Gasteiger partial charge on any atom is 0.146 e. The number of benzene rings is 1. The third kappa shape index (κ3) is 2.33. The number of ether oxygens (including phenoxy) is 1. The van der Waals surface area contributed by atoms with Crippen LogP contribution in [0.3, 0.4) is 0 Å². The minimum atomic E-state index is 0.384. The van der Waals surface area contributed by atoms with Crippen molar-refractivity contribution in [3.63, 3.8) is 0 Å². The summed E-state index contributed by atoms with van der Waals surface area (Å²) < 4.78 is 5.80. The van der Waals surface area contributed by atoms with E-state index in [-0.39, 0.29) is 0 Å². The molecular formula is C15H13N3O. The number of rotatable bonds is 3. The summed E-state index contributed by atoms with van der Waals surface area (Å²) in [5.41, 5.74) is 7.52. The molecule has 0 saturated heterocycles. The van der Waals surface area contributed by atoms with Gasteiger partial charge in [0.2, 0.25) is 0 Å². The molecule has 1 aromatic carbocycles. The van der Waals surface area contributed by atoms with Gasteiger partial charge in [0.1, 0.15) is 23.7 Å². The normalized spacial score (nSPS) is 10.5. The molecule has 0 aliphatic carbocycles. The number of fused-ring (bicyclic) bond motifs is 1. The van der Waals surface area contributed by atoms with E-state index >= 15 is 0 Å². The summed E-state index contributed by atoms with van der Waals surface area (Å²) in [5.74, 6) is 1.25. The maximum absolute atomic E-state index is 5.80. The lowest BCUT2D eigenvalue weighted by atomic mass is 10.2. The topological polar surface area (TPSA) is 61.0 Å². The van der Waals surface area contributed by atoms with Crippen LogP contribution in [0.5, 0.6) is 5.75 Å². The zero-order valence-corrected chi connectivity index (χ0v) is 10.3. The first-order chi connectivity index (χ1) is 9.34. The monoisotopic (exact) mass is 251 g/mol. The van der Waals surface area contributed by atoms with Crippen molar-refractivity contribution >= 4 is 16.7 Å². The van der Waals surface area contributed by atoms with Crippen LogP contribution in [0.1, 0.15) is 5.56 Å². The second-order valence-electron chi connectivity index (χ2n) is 4.17. The molecule has 0 unspecified atom stereocenters. The summed E-state index contributed by atoms with van der Waals surface area (Å²) in [6, 6.07) is 13.5. The molecule has 2 heterocycles. The standard InChI is InChI=1S/C15H13N3O/c16-15-12(6-3-9-18-15)10-19-13-7-1-4-11-5-2-8-17-14(11)13/h1-9H,10H2,(H2,16,18). The molecule has 4 heteroatoms. The molecule has 94 valence electrons. The molecule has 0 atom stereocenters. The molecule has 2 N–H and O–H groups in total. The maximum atomic E-state index is 5.80. The predicted molar refractivity (Wildman–Crippen MR) is 74.7 cm³/mol. The summed E-state index contributed by atoms with van der Waals surface area (Å²) in [6.07, 6.45) is 3.42. The Morgan fingerprint density at radius 3 is 2.63 bits per heavy atom. The highest BCUT2D eigenvalue weighted by atomic mass is 16.5. The molecule has 2 aromatic heterocycles. The van der Waals surface area contributed by atoms with Crippen LogP contribution in [0, 0.1) is 0 Å². The van der Waals surface area contributed by atoms with Gasteiger partial charge in [-0.15, -0.1) is 0 Å². The van der Waals surface area contributed by atoms with E-state index < -0.39 is 0 Å². The lowest BCUT2D eigenvalue weighted by Crippen LogP contribution is -2.02. The van der Waals surface area contributed by atoms with Gasteiger partial charge in [-0.1, -0.05) is 24.3 Å². The van der Waals surface area contributed by atoms with Gasteiger partial charge in [0.25, 0.3) is 0 Å². The summed E-state index contributed by atoms with van der Waals surface area (Å²) >= 11 is 0. The van der Waals surface area contributed by atoms with Crippen molar-refractivity contribution in [3.8, 4) is 5.75 Å². The third-order valence-electron chi connectivity index (χ3n) is 2.90. The Labute approximate surface area is 110 Å². The number of nitrogens with two attached hydrogens (primary N) is 1. The lowest BCUT2D eigenvalue weighted by Gasteiger charge is -2.09. The van der Waals surface area contributed by atoms with Crippen LogP contribution < -0.4 is 10.5 Å². The summed E-state index contributed by atoms with van der Waals surface area (Å²) in [4.78, 5) is 8.38. The average molecular weight is 251 g/mol. The first-order valence-electron chi connectivity index (χ1n) is 6.00. The number of nitrogen functional groups attached to an aromatic ring is 1. The van der Waals surface area contributed by atoms with Crippen LogP contribution in [0.2, 0.25) is 0 Å². The molecule has 19 heavy (non-hydrogen) atoms. The molecule has 0 amide bonds. The van der Waals surface area contributed by atoms with Crippen molar-refractivity contribution in [1.82, 2.24) is 9.97 Å². The molecular weight excluding hydrogens is 238 g/mol. The molecule has 0 radical (unpaired) electrons. The van der Waals surface area contributed by atoms with Gasteiger partial charge in [-0.25, -0.2) is 4.98 Å². The van der Waals surface area contributed by atoms with Crippen molar-refractivity contribution in [2.45, 2.75) is 6.61 Å². The fraction of sp³-hybridized carbons (Fsp3) is 0.0667. The Morgan fingerprint density at radius 1 is 0.947 bits per heavy atom. The van der Waals surface area contributed by atoms with Crippen LogP contribution in [-0.4, -0.2) is 9.97 Å². The van der Waals surface area contributed by atoms with Crippen LogP contribution >= 0.6 is 0 Å². The van der Waals surface area contributed by atoms with Crippen molar-refractivity contribution in [2.75, 3.05) is 5.73 Å². The number of hydrogen-bond donors (Lipinski definition) is 1. The van der Waals surface area contributed by atoms with Crippen molar-refractivity contribution in [1.29, 1.82) is 0 Å². The molecule has 3 rings (SSSR count). The SMILES string of the molecule is Nc1ncccc1COc1cccc2cccnc12. The van der Waals surface area contributed by atoms with Crippen molar-refractivity contribution in [2.24, 2.45) is 0 Å². The Morgan fingerprint density at radius 2 is 1.74 bits per heavy atom. The zero-order chi connectivity index (χ0) is 13.1. The first kappa shape index (κ1) is 11.5. The van der Waals surface area contributed by atoms with Crippen LogP contribution in [0.15, 0.2) is 54.9 Å². The molecule has 0 bridgehead atoms. The molecule has 0 spiro atoms. The number of para-hydroxylation sites is 1. The highest BCUT2D eigenvalue weighted by Crippen LogP contribution is 2.24. The van der Waals surface area contributed by atoms with Crippen molar-refractivity contribution in [3.05, 3.63) is 60.4 Å². The molecule has 3 aromatic rings. The van der Waals surface area contributed by atoms with E-state index in [1.54, 1.807) is 12.4 Å². The van der Waals surface area contributed by atoms with Gasteiger partial charge < -0.3 is 10.5 Å². The average Bonchev–Trinajstić information content (AvgIpc) is 2.46. The van der Waals surface area contributed by atoms with Gasteiger partial charge in [0.05, 0.1) is 0 Å². The Balaban J connectivity index is 1.88. The van der Waals surface area contributed by atoms with E-state index in [0.717, 1.165) is 22.2 Å². The highest BCUT2D eigenvalue weighted by Gasteiger charge is 2.04. The number of pyridine rings is 2. The zero-order valence-electron chi connectivity index (χ0n) is 10.3. The van der Waals surface area contributed by atoms with Crippen molar-refractivity contribution < 1.29 is 4.74 Å². The fourth-order valence-corrected chi connectivity index (χ4v) is 1.92. The Bertz CT molecular complexity index is 707. The molecule has 0 aliphatic heterocycles. The second-order valence-corrected chi connectivity index (χ2v) is 4.17. The quantitative estimate of drug-likeness (QED) is 0.777. The van der Waals surface area contributed by atoms with Crippen LogP contribution in [-0.2, 0) is 6.61 Å². The number of nitrogens with zero attached hydrogens (tertiary/aromatic N) is 2. The van der Waals surface area contributed by atoms with Crippen LogP contribution in [0.25, 0.3) is 10.9 Å². The van der Waals surface area contributed by atoms with E-state index in [1.807, 2.05) is 42.5 Å². The summed E-state index contributed by atoms with van der Waals surface area (Å²) in [7, 11) is 0. The van der Waals surface area contributed by atoms with E-state index in [2.05, 4.69) is 9.97 Å². The summed E-state index contributed by atoms with van der Waals surface area (Å²) in [6.45, 7) is 0.384. The third-order valence-corrected chi connectivity index (χ3v) is 2.90. The predicted octanol–water partition coefficient (Wildman–Crippen LogP) is 2.79. The minimum absolute atomic E-state index is 0.384. The van der Waals surface area contributed by atoms with E-state index in [1.165, 1.54) is 0 Å². The highest BCUT2D eigenvalue weighted by molar-refractivity contribution is 5.84. The second kappa shape index (κ2) is 4.94. The smallest absolute Gasteiger partial charge is 0.146 e. The molecule has 0 aliphatic rings. The lowest BCUT2D eigenvalue weighted by molar-refractivity contribution is 0.310. The van der Waals surface area contributed by atoms with Gasteiger partial charge in [-0.05, 0) is 18.2 Å². The van der Waals surface area contributed by atoms with Crippen LogP contribution in [0.4, 0.5) is 5.82 Å². The van der Waals surface area contributed by atoms with Gasteiger partial charge in [0.15, 0.2) is 0 Å². The molecule has 0 saturated carbocycles. The number of hydrogen-bond acceptors (Lipinski definition) is 4. The first-order valence-corrected chi connectivity index (χ1v) is 6.00. The molecule has 4 nitrogen and oxygen atoms in total. The van der Waals surface area contributed by atoms with E-state index in [4.69, 9.17) is 10.5 Å². The number of anilines is 1.